The van der Waals surface area contributed by atoms with Gasteiger partial charge in [-0.3, -0.25) is 0 Å². The first-order valence-corrected chi connectivity index (χ1v) is 19.0. The third-order valence-corrected chi connectivity index (χ3v) is 9.75. The fourth-order valence-electron chi connectivity index (χ4n) is 7.02. The van der Waals surface area contributed by atoms with Gasteiger partial charge in [0, 0.05) is 5.56 Å². The minimum absolute atomic E-state index is 0.162. The first-order chi connectivity index (χ1) is 20.2. The molecule has 1 aromatic rings. The van der Waals surface area contributed by atoms with Crippen LogP contribution in [-0.2, 0) is 5.41 Å². The van der Waals surface area contributed by atoms with Crippen LogP contribution in [0.25, 0.3) is 0 Å². The van der Waals surface area contributed by atoms with Crippen molar-refractivity contribution in [2.75, 3.05) is 0 Å². The predicted molar refractivity (Wildman–Crippen MR) is 185 cm³/mol. The van der Waals surface area contributed by atoms with Crippen molar-refractivity contribution in [3.63, 3.8) is 0 Å². The van der Waals surface area contributed by atoms with Gasteiger partial charge in [-0.15, -0.1) is 0 Å². The number of hydrogen-bond acceptors (Lipinski definition) is 1. The van der Waals surface area contributed by atoms with Gasteiger partial charge in [0.15, 0.2) is 0 Å². The monoisotopic (exact) mass is 571 g/mol. The van der Waals surface area contributed by atoms with E-state index in [2.05, 4.69) is 32.9 Å². The van der Waals surface area contributed by atoms with E-state index in [0.29, 0.717) is 5.75 Å². The molecule has 1 N–H and O–H groups in total. The van der Waals surface area contributed by atoms with Gasteiger partial charge in [-0.05, 0) is 30.7 Å². The van der Waals surface area contributed by atoms with Crippen LogP contribution in [0.4, 0.5) is 0 Å². The van der Waals surface area contributed by atoms with E-state index in [1.807, 2.05) is 12.1 Å². The molecule has 0 amide bonds. The van der Waals surface area contributed by atoms with Gasteiger partial charge < -0.3 is 5.11 Å². The lowest BCUT2D eigenvalue weighted by molar-refractivity contribution is 0.289. The van der Waals surface area contributed by atoms with Gasteiger partial charge in [0.05, 0.1) is 0 Å². The smallest absolute Gasteiger partial charge is 0.119 e. The molecule has 0 heterocycles. The van der Waals surface area contributed by atoms with Crippen molar-refractivity contribution >= 4 is 0 Å². The van der Waals surface area contributed by atoms with Crippen LogP contribution in [0.3, 0.4) is 0 Å². The van der Waals surface area contributed by atoms with Crippen LogP contribution in [0.15, 0.2) is 24.3 Å². The highest BCUT2D eigenvalue weighted by molar-refractivity contribution is 5.38. The molecule has 41 heavy (non-hydrogen) atoms. The summed E-state index contributed by atoms with van der Waals surface area (Å²) in [5.41, 5.74) is 1.42. The van der Waals surface area contributed by atoms with Gasteiger partial charge >= 0.3 is 0 Å². The molecule has 0 bridgehead atoms. The highest BCUT2D eigenvalue weighted by Gasteiger charge is 2.33. The number of phenolic OH excluding ortho intramolecular Hbond substituents is 1. The SMILES string of the molecule is CCCCCCCCCCCCC(CCCCCCCCC)(CCCCCCCCCCCC)c1ccccc1O. The summed E-state index contributed by atoms with van der Waals surface area (Å²) in [5, 5.41) is 11.1. The zero-order valence-electron chi connectivity index (χ0n) is 28.5. The van der Waals surface area contributed by atoms with E-state index in [-0.39, 0.29) is 5.41 Å². The van der Waals surface area contributed by atoms with Gasteiger partial charge in [0.25, 0.3) is 0 Å². The van der Waals surface area contributed by atoms with Gasteiger partial charge in [-0.25, -0.2) is 0 Å². The average Bonchev–Trinajstić information content (AvgIpc) is 2.98. The van der Waals surface area contributed by atoms with E-state index < -0.39 is 0 Å². The molecule has 0 aromatic heterocycles. The van der Waals surface area contributed by atoms with Gasteiger partial charge in [-0.1, -0.05) is 212 Å². The molecule has 0 aliphatic rings. The average molecular weight is 571 g/mol. The third kappa shape index (κ3) is 19.8. The molecule has 1 aromatic carbocycles. The van der Waals surface area contributed by atoms with Gasteiger partial charge in [0.2, 0.25) is 0 Å². The highest BCUT2D eigenvalue weighted by Crippen LogP contribution is 2.44. The van der Waals surface area contributed by atoms with Crippen LogP contribution in [0.5, 0.6) is 5.75 Å². The second-order valence-corrected chi connectivity index (χ2v) is 13.5. The molecule has 0 unspecified atom stereocenters. The maximum Gasteiger partial charge on any atom is 0.119 e. The van der Waals surface area contributed by atoms with Crippen LogP contribution >= 0.6 is 0 Å². The number of hydrogen-bond donors (Lipinski definition) is 1. The van der Waals surface area contributed by atoms with Crippen LogP contribution in [0, 0.1) is 0 Å². The van der Waals surface area contributed by atoms with Crippen molar-refractivity contribution in [2.24, 2.45) is 0 Å². The molecule has 0 atom stereocenters. The molecule has 1 nitrogen and oxygen atoms in total. The molecule has 0 aliphatic carbocycles. The minimum Gasteiger partial charge on any atom is -0.508 e. The maximum atomic E-state index is 11.1. The molecular formula is C40H74O. The Morgan fingerprint density at radius 1 is 0.390 bits per heavy atom. The zero-order valence-corrected chi connectivity index (χ0v) is 28.5. The Balaban J connectivity index is 2.65. The summed E-state index contributed by atoms with van der Waals surface area (Å²) >= 11 is 0. The number of phenols is 1. The van der Waals surface area contributed by atoms with E-state index in [1.165, 1.54) is 198 Å². The summed E-state index contributed by atoms with van der Waals surface area (Å²) in [4.78, 5) is 0. The first-order valence-electron chi connectivity index (χ1n) is 19.0. The quantitative estimate of drug-likeness (QED) is 0.0880. The predicted octanol–water partition coefficient (Wildman–Crippen LogP) is 14.4. The summed E-state index contributed by atoms with van der Waals surface area (Å²) in [6.45, 7) is 6.92. The topological polar surface area (TPSA) is 20.2 Å². The highest BCUT2D eigenvalue weighted by atomic mass is 16.3. The summed E-state index contributed by atoms with van der Waals surface area (Å²) in [6, 6.07) is 8.40. The van der Waals surface area contributed by atoms with E-state index in [0.717, 1.165) is 0 Å². The van der Waals surface area contributed by atoms with E-state index in [9.17, 15) is 5.11 Å². The molecule has 0 saturated carbocycles. The summed E-state index contributed by atoms with van der Waals surface area (Å²) < 4.78 is 0. The van der Waals surface area contributed by atoms with Crippen LogP contribution in [0.2, 0.25) is 0 Å². The second-order valence-electron chi connectivity index (χ2n) is 13.5. The fraction of sp³-hybridized carbons (Fsp3) is 0.850. The van der Waals surface area contributed by atoms with Gasteiger partial charge in [0.1, 0.15) is 5.75 Å². The van der Waals surface area contributed by atoms with Crippen molar-refractivity contribution in [2.45, 2.75) is 219 Å². The molecular weight excluding hydrogens is 496 g/mol. The Hall–Kier alpha value is -0.980. The Morgan fingerprint density at radius 2 is 0.659 bits per heavy atom. The van der Waals surface area contributed by atoms with Crippen LogP contribution in [-0.4, -0.2) is 5.11 Å². The minimum atomic E-state index is 0.162. The van der Waals surface area contributed by atoms with Crippen LogP contribution in [0.1, 0.15) is 219 Å². The lowest BCUT2D eigenvalue weighted by atomic mass is 9.69. The molecule has 240 valence electrons. The third-order valence-electron chi connectivity index (χ3n) is 9.75. The van der Waals surface area contributed by atoms with Crippen molar-refractivity contribution in [1.29, 1.82) is 0 Å². The fourth-order valence-corrected chi connectivity index (χ4v) is 7.02. The Kier molecular flexibility index (Phi) is 25.8. The molecule has 0 aliphatic heterocycles. The van der Waals surface area contributed by atoms with Crippen molar-refractivity contribution in [1.82, 2.24) is 0 Å². The number of unbranched alkanes of at least 4 members (excludes halogenated alkanes) is 24. The largest absolute Gasteiger partial charge is 0.508 e. The van der Waals surface area contributed by atoms with Crippen LogP contribution < -0.4 is 0 Å². The Morgan fingerprint density at radius 3 is 0.951 bits per heavy atom. The van der Waals surface area contributed by atoms with Crippen molar-refractivity contribution in [3.05, 3.63) is 29.8 Å². The Labute approximate surface area is 259 Å². The zero-order chi connectivity index (χ0) is 29.7. The van der Waals surface area contributed by atoms with Crippen molar-refractivity contribution in [3.8, 4) is 5.75 Å². The number of benzene rings is 1. The summed E-state index contributed by atoms with van der Waals surface area (Å²) in [6.07, 6.45) is 41.2. The molecule has 1 rings (SSSR count). The Bertz CT molecular complexity index is 641. The van der Waals surface area contributed by atoms with Crippen molar-refractivity contribution < 1.29 is 5.11 Å². The number of rotatable bonds is 31. The standard InChI is InChI=1S/C40H74O/c1-4-7-10-13-16-18-20-23-26-31-36-40(38-33-28-29-34-39(38)41,35-30-25-22-15-12-9-6-3)37-32-27-24-21-19-17-14-11-8-5-2/h28-29,33-34,41H,4-27,30-32,35-37H2,1-3H3. The molecule has 0 fully saturated rings. The number of para-hydroxylation sites is 1. The van der Waals surface area contributed by atoms with E-state index in [1.54, 1.807) is 0 Å². The first kappa shape index (κ1) is 38.0. The molecule has 1 heteroatoms. The second kappa shape index (κ2) is 27.8. The lowest BCUT2D eigenvalue weighted by Crippen LogP contribution is -2.27. The summed E-state index contributed by atoms with van der Waals surface area (Å²) in [7, 11) is 0. The number of aromatic hydroxyl groups is 1. The normalized spacial score (nSPS) is 11.9. The van der Waals surface area contributed by atoms with E-state index in [4.69, 9.17) is 0 Å². The molecule has 0 radical (unpaired) electrons. The van der Waals surface area contributed by atoms with E-state index >= 15 is 0 Å². The summed E-state index contributed by atoms with van der Waals surface area (Å²) in [5.74, 6) is 0.551. The lowest BCUT2D eigenvalue weighted by Gasteiger charge is -2.36. The van der Waals surface area contributed by atoms with Gasteiger partial charge in [-0.2, -0.15) is 0 Å². The molecule has 0 spiro atoms. The maximum absolute atomic E-state index is 11.1. The molecule has 0 saturated heterocycles.